The van der Waals surface area contributed by atoms with Crippen molar-refractivity contribution < 1.29 is 19.1 Å². The molecular weight excluding hydrogens is 376 g/mol. The summed E-state index contributed by atoms with van der Waals surface area (Å²) in [6.07, 6.45) is 0.163. The molecule has 28 heavy (non-hydrogen) atoms. The fourth-order valence-electron chi connectivity index (χ4n) is 2.70. The first kappa shape index (κ1) is 19.6. The molecule has 2 aromatic carbocycles. The van der Waals surface area contributed by atoms with Crippen molar-refractivity contribution in [3.8, 4) is 0 Å². The number of carbonyl (C=O) groups excluding carboxylic acids is 3. The van der Waals surface area contributed by atoms with Crippen molar-refractivity contribution in [2.75, 3.05) is 13.2 Å². The molecule has 2 N–H and O–H groups in total. The van der Waals surface area contributed by atoms with E-state index in [1.807, 2.05) is 60.0 Å². The quantitative estimate of drug-likeness (QED) is 0.573. The number of fused-ring (bicyclic) bond motifs is 1. The van der Waals surface area contributed by atoms with Crippen LogP contribution in [0.3, 0.4) is 0 Å². The number of hydrogen-bond acceptors (Lipinski definition) is 5. The highest BCUT2D eigenvalue weighted by molar-refractivity contribution is 7.09. The third-order valence-electron chi connectivity index (χ3n) is 4.06. The molecule has 144 valence electrons. The van der Waals surface area contributed by atoms with Gasteiger partial charge in [-0.05, 0) is 27.8 Å². The monoisotopic (exact) mass is 396 g/mol. The molecule has 0 aliphatic carbocycles. The highest BCUT2D eigenvalue weighted by Crippen LogP contribution is 2.18. The third kappa shape index (κ3) is 5.65. The Morgan fingerprint density at radius 1 is 0.893 bits per heavy atom. The Morgan fingerprint density at radius 3 is 2.54 bits per heavy atom. The summed E-state index contributed by atoms with van der Waals surface area (Å²) in [5.74, 6) is -1.32. The second-order valence-corrected chi connectivity index (χ2v) is 7.14. The number of thiophene rings is 1. The van der Waals surface area contributed by atoms with Gasteiger partial charge in [0, 0.05) is 4.88 Å². The van der Waals surface area contributed by atoms with Crippen molar-refractivity contribution in [2.24, 2.45) is 0 Å². The number of esters is 1. The summed E-state index contributed by atoms with van der Waals surface area (Å²) in [4.78, 5) is 36.6. The van der Waals surface area contributed by atoms with Crippen LogP contribution >= 0.6 is 11.3 Å². The van der Waals surface area contributed by atoms with Crippen molar-refractivity contribution >= 4 is 39.9 Å². The minimum atomic E-state index is -0.655. The normalized spacial score (nSPS) is 10.4. The van der Waals surface area contributed by atoms with E-state index in [0.717, 1.165) is 21.2 Å². The second kappa shape index (κ2) is 9.66. The van der Waals surface area contributed by atoms with Crippen LogP contribution in [0, 0.1) is 0 Å². The Kier molecular flexibility index (Phi) is 6.75. The average molecular weight is 396 g/mol. The molecule has 0 fully saturated rings. The molecule has 0 radical (unpaired) electrons. The molecule has 6 nitrogen and oxygen atoms in total. The maximum atomic E-state index is 12.1. The Morgan fingerprint density at radius 2 is 1.71 bits per heavy atom. The average Bonchev–Trinajstić information content (AvgIpc) is 3.23. The fraction of sp³-hybridized carbons (Fsp3) is 0.190. The van der Waals surface area contributed by atoms with Gasteiger partial charge in [0.1, 0.15) is 6.54 Å². The lowest BCUT2D eigenvalue weighted by Crippen LogP contribution is -2.34. The van der Waals surface area contributed by atoms with Gasteiger partial charge in [-0.1, -0.05) is 48.5 Å². The molecule has 2 amide bonds. The first-order valence-corrected chi connectivity index (χ1v) is 9.68. The standard InChI is InChI=1S/C21H20N2O4S/c24-19(11-16-7-3-6-15-5-1-2-9-18(15)16)23-13-21(26)27-14-20(25)22-12-17-8-4-10-28-17/h1-10H,11-14H2,(H,22,25)(H,23,24). The largest absolute Gasteiger partial charge is 0.454 e. The molecule has 0 aliphatic rings. The number of benzene rings is 2. The van der Waals surface area contributed by atoms with Crippen molar-refractivity contribution in [1.82, 2.24) is 10.6 Å². The van der Waals surface area contributed by atoms with E-state index in [4.69, 9.17) is 4.74 Å². The van der Waals surface area contributed by atoms with E-state index in [-0.39, 0.29) is 31.4 Å². The van der Waals surface area contributed by atoms with Gasteiger partial charge in [-0.3, -0.25) is 14.4 Å². The number of ether oxygens (including phenoxy) is 1. The summed E-state index contributed by atoms with van der Waals surface area (Å²) < 4.78 is 4.88. The molecule has 7 heteroatoms. The van der Waals surface area contributed by atoms with Gasteiger partial charge in [0.25, 0.3) is 5.91 Å². The van der Waals surface area contributed by atoms with E-state index in [9.17, 15) is 14.4 Å². The zero-order valence-corrected chi connectivity index (χ0v) is 16.0. The van der Waals surface area contributed by atoms with Gasteiger partial charge in [-0.25, -0.2) is 0 Å². The minimum absolute atomic E-state index is 0.163. The van der Waals surface area contributed by atoms with Crippen LogP contribution in [0.1, 0.15) is 10.4 Å². The molecule has 0 unspecified atom stereocenters. The highest BCUT2D eigenvalue weighted by Gasteiger charge is 2.11. The predicted molar refractivity (Wildman–Crippen MR) is 108 cm³/mol. The van der Waals surface area contributed by atoms with E-state index < -0.39 is 5.97 Å². The van der Waals surface area contributed by atoms with Crippen molar-refractivity contribution in [1.29, 1.82) is 0 Å². The Bertz CT molecular complexity index is 964. The summed E-state index contributed by atoms with van der Waals surface area (Å²) in [6.45, 7) is -0.249. The number of nitrogens with one attached hydrogen (secondary N) is 2. The van der Waals surface area contributed by atoms with Crippen LogP contribution in [0.25, 0.3) is 10.8 Å². The summed E-state index contributed by atoms with van der Waals surface area (Å²) >= 11 is 1.53. The van der Waals surface area contributed by atoms with Crippen LogP contribution in [-0.4, -0.2) is 30.9 Å². The molecule has 1 heterocycles. The summed E-state index contributed by atoms with van der Waals surface area (Å²) in [5, 5.41) is 9.17. The molecule has 1 aromatic heterocycles. The fourth-order valence-corrected chi connectivity index (χ4v) is 3.34. The maximum absolute atomic E-state index is 12.1. The zero-order chi connectivity index (χ0) is 19.8. The van der Waals surface area contributed by atoms with Crippen LogP contribution in [0.5, 0.6) is 0 Å². The van der Waals surface area contributed by atoms with Gasteiger partial charge in [0.05, 0.1) is 13.0 Å². The lowest BCUT2D eigenvalue weighted by molar-refractivity contribution is -0.148. The third-order valence-corrected chi connectivity index (χ3v) is 4.94. The van der Waals surface area contributed by atoms with E-state index in [1.54, 1.807) is 0 Å². The van der Waals surface area contributed by atoms with Gasteiger partial charge < -0.3 is 15.4 Å². The van der Waals surface area contributed by atoms with Crippen molar-refractivity contribution in [2.45, 2.75) is 13.0 Å². The molecule has 3 rings (SSSR count). The Labute approximate surface area is 166 Å². The van der Waals surface area contributed by atoms with E-state index in [0.29, 0.717) is 6.54 Å². The minimum Gasteiger partial charge on any atom is -0.454 e. The molecule has 0 spiro atoms. The Balaban J connectivity index is 1.39. The van der Waals surface area contributed by atoms with Crippen LogP contribution < -0.4 is 10.6 Å². The summed E-state index contributed by atoms with van der Waals surface area (Å²) in [7, 11) is 0. The second-order valence-electron chi connectivity index (χ2n) is 6.11. The Hall–Kier alpha value is -3.19. The number of amides is 2. The van der Waals surface area contributed by atoms with Crippen LogP contribution in [-0.2, 0) is 32.1 Å². The number of rotatable bonds is 8. The first-order chi connectivity index (χ1) is 13.6. The van der Waals surface area contributed by atoms with Crippen molar-refractivity contribution in [3.63, 3.8) is 0 Å². The first-order valence-electron chi connectivity index (χ1n) is 8.80. The van der Waals surface area contributed by atoms with Crippen LogP contribution in [0.15, 0.2) is 60.0 Å². The molecular formula is C21H20N2O4S. The zero-order valence-electron chi connectivity index (χ0n) is 15.1. The molecule has 0 saturated carbocycles. The smallest absolute Gasteiger partial charge is 0.325 e. The van der Waals surface area contributed by atoms with Crippen LogP contribution in [0.2, 0.25) is 0 Å². The summed E-state index contributed by atoms with van der Waals surface area (Å²) in [5.41, 5.74) is 0.886. The van der Waals surface area contributed by atoms with Crippen molar-refractivity contribution in [3.05, 3.63) is 70.4 Å². The van der Waals surface area contributed by atoms with Gasteiger partial charge in [-0.2, -0.15) is 0 Å². The SMILES string of the molecule is O=C(COC(=O)CNC(=O)Cc1cccc2ccccc12)NCc1cccs1. The van der Waals surface area contributed by atoms with Gasteiger partial charge in [-0.15, -0.1) is 11.3 Å². The van der Waals surface area contributed by atoms with Gasteiger partial charge >= 0.3 is 5.97 Å². The predicted octanol–water partition coefficient (Wildman–Crippen LogP) is 2.42. The highest BCUT2D eigenvalue weighted by atomic mass is 32.1. The van der Waals surface area contributed by atoms with Gasteiger partial charge in [0.2, 0.25) is 5.91 Å². The lowest BCUT2D eigenvalue weighted by Gasteiger charge is -2.08. The van der Waals surface area contributed by atoms with E-state index in [2.05, 4.69) is 10.6 Å². The number of carbonyl (C=O) groups is 3. The van der Waals surface area contributed by atoms with E-state index >= 15 is 0 Å². The lowest BCUT2D eigenvalue weighted by atomic mass is 10.0. The van der Waals surface area contributed by atoms with Crippen LogP contribution in [0.4, 0.5) is 0 Å². The molecule has 3 aromatic rings. The molecule has 0 bridgehead atoms. The molecule has 0 atom stereocenters. The van der Waals surface area contributed by atoms with E-state index in [1.165, 1.54) is 11.3 Å². The number of hydrogen-bond donors (Lipinski definition) is 2. The molecule has 0 aliphatic heterocycles. The maximum Gasteiger partial charge on any atom is 0.325 e. The topological polar surface area (TPSA) is 84.5 Å². The summed E-state index contributed by atoms with van der Waals surface area (Å²) in [6, 6.07) is 17.4. The van der Waals surface area contributed by atoms with Gasteiger partial charge in [0.15, 0.2) is 6.61 Å². The molecule has 0 saturated heterocycles.